The van der Waals surface area contributed by atoms with Crippen molar-refractivity contribution in [3.8, 4) is 0 Å². The monoisotopic (exact) mass is 342 g/mol. The molecule has 1 aromatic carbocycles. The van der Waals surface area contributed by atoms with Crippen LogP contribution in [-0.4, -0.2) is 30.3 Å². The van der Waals surface area contributed by atoms with Crippen LogP contribution in [0.2, 0.25) is 0 Å². The number of nitrogens with two attached hydrogens (primary N) is 2. The minimum Gasteiger partial charge on any atom is -0.366 e. The molecule has 1 aromatic rings. The first-order valence-electron chi connectivity index (χ1n) is 7.00. The van der Waals surface area contributed by atoms with E-state index in [0.29, 0.717) is 5.56 Å². The maximum atomic E-state index is 11.7. The molecule has 0 unspecified atom stereocenters. The Morgan fingerprint density at radius 1 is 1.17 bits per heavy atom. The molecular weight excluding hydrogens is 320 g/mol. The van der Waals surface area contributed by atoms with E-state index in [1.54, 1.807) is 24.3 Å². The van der Waals surface area contributed by atoms with Crippen molar-refractivity contribution < 1.29 is 14.4 Å². The van der Waals surface area contributed by atoms with Crippen LogP contribution in [0.4, 0.5) is 0 Å². The van der Waals surface area contributed by atoms with Gasteiger partial charge in [-0.05, 0) is 23.6 Å². The summed E-state index contributed by atoms with van der Waals surface area (Å²) in [6.07, 6.45) is 0. The van der Waals surface area contributed by atoms with Crippen molar-refractivity contribution in [1.82, 2.24) is 10.6 Å². The molecule has 0 heterocycles. The van der Waals surface area contributed by atoms with Crippen LogP contribution >= 0.6 is 12.4 Å². The summed E-state index contributed by atoms with van der Waals surface area (Å²) in [4.78, 5) is 34.4. The lowest BCUT2D eigenvalue weighted by atomic mass is 10.1. The highest BCUT2D eigenvalue weighted by Crippen LogP contribution is 2.04. The van der Waals surface area contributed by atoms with Gasteiger partial charge in [0.05, 0.1) is 12.6 Å². The van der Waals surface area contributed by atoms with Crippen LogP contribution in [0.3, 0.4) is 0 Å². The first-order valence-corrected chi connectivity index (χ1v) is 7.00. The van der Waals surface area contributed by atoms with E-state index in [1.807, 2.05) is 13.8 Å². The molecule has 23 heavy (non-hydrogen) atoms. The van der Waals surface area contributed by atoms with Gasteiger partial charge < -0.3 is 22.1 Å². The smallest absolute Gasteiger partial charge is 0.248 e. The Hall–Kier alpha value is -2.12. The van der Waals surface area contributed by atoms with Crippen LogP contribution in [0.15, 0.2) is 24.3 Å². The first kappa shape index (κ1) is 20.9. The molecule has 1 atom stereocenters. The molecule has 0 aliphatic heterocycles. The van der Waals surface area contributed by atoms with E-state index < -0.39 is 11.9 Å². The molecule has 3 amide bonds. The van der Waals surface area contributed by atoms with Crippen molar-refractivity contribution in [2.24, 2.45) is 17.4 Å². The lowest BCUT2D eigenvalue weighted by Crippen LogP contribution is -2.47. The molecule has 0 bridgehead atoms. The summed E-state index contributed by atoms with van der Waals surface area (Å²) >= 11 is 0. The lowest BCUT2D eigenvalue weighted by Gasteiger charge is -2.15. The van der Waals surface area contributed by atoms with Gasteiger partial charge >= 0.3 is 0 Å². The average Bonchev–Trinajstić information content (AvgIpc) is 2.49. The zero-order valence-electron chi connectivity index (χ0n) is 13.2. The van der Waals surface area contributed by atoms with Crippen LogP contribution in [-0.2, 0) is 16.1 Å². The summed E-state index contributed by atoms with van der Waals surface area (Å²) in [6.45, 7) is 3.76. The van der Waals surface area contributed by atoms with Crippen molar-refractivity contribution in [1.29, 1.82) is 0 Å². The fourth-order valence-electron chi connectivity index (χ4n) is 1.69. The normalized spacial score (nSPS) is 11.3. The van der Waals surface area contributed by atoms with Gasteiger partial charge in [0.2, 0.25) is 17.7 Å². The van der Waals surface area contributed by atoms with Crippen molar-refractivity contribution in [3.63, 3.8) is 0 Å². The van der Waals surface area contributed by atoms with E-state index in [1.165, 1.54) is 0 Å². The molecule has 1 rings (SSSR count). The Morgan fingerprint density at radius 3 is 2.39 bits per heavy atom. The van der Waals surface area contributed by atoms with E-state index in [2.05, 4.69) is 10.6 Å². The van der Waals surface area contributed by atoms with Crippen molar-refractivity contribution in [2.75, 3.05) is 6.54 Å². The van der Waals surface area contributed by atoms with E-state index in [-0.39, 0.29) is 43.2 Å². The Morgan fingerprint density at radius 2 is 1.83 bits per heavy atom. The second-order valence-corrected chi connectivity index (χ2v) is 5.33. The van der Waals surface area contributed by atoms with Crippen LogP contribution in [0.25, 0.3) is 0 Å². The Bertz CT molecular complexity index is 563. The molecule has 7 nitrogen and oxygen atoms in total. The summed E-state index contributed by atoms with van der Waals surface area (Å²) in [5.41, 5.74) is 12.0. The molecule has 0 aliphatic carbocycles. The number of primary amides is 1. The topological polar surface area (TPSA) is 127 Å². The van der Waals surface area contributed by atoms with Crippen LogP contribution in [0.5, 0.6) is 0 Å². The third-order valence-corrected chi connectivity index (χ3v) is 3.15. The largest absolute Gasteiger partial charge is 0.366 e. The van der Waals surface area contributed by atoms with Crippen molar-refractivity contribution >= 4 is 30.1 Å². The van der Waals surface area contributed by atoms with Crippen molar-refractivity contribution in [2.45, 2.75) is 26.4 Å². The van der Waals surface area contributed by atoms with E-state index in [9.17, 15) is 14.4 Å². The van der Waals surface area contributed by atoms with E-state index in [4.69, 9.17) is 11.5 Å². The van der Waals surface area contributed by atoms with Gasteiger partial charge in [-0.3, -0.25) is 14.4 Å². The SMILES string of the molecule is CC(C)[C@H](N)C(=O)NCC(=O)NCc1cccc(C(N)=O)c1.Cl. The van der Waals surface area contributed by atoms with E-state index >= 15 is 0 Å². The van der Waals surface area contributed by atoms with Crippen molar-refractivity contribution in [3.05, 3.63) is 35.4 Å². The summed E-state index contributed by atoms with van der Waals surface area (Å²) in [7, 11) is 0. The number of carbonyl (C=O) groups excluding carboxylic acids is 3. The summed E-state index contributed by atoms with van der Waals surface area (Å²) in [5, 5.41) is 5.12. The van der Waals surface area contributed by atoms with E-state index in [0.717, 1.165) is 5.56 Å². The number of halogens is 1. The molecule has 0 aliphatic rings. The quantitative estimate of drug-likeness (QED) is 0.552. The number of hydrogen-bond donors (Lipinski definition) is 4. The molecular formula is C15H23ClN4O3. The van der Waals surface area contributed by atoms with Gasteiger partial charge in [-0.25, -0.2) is 0 Å². The Balaban J connectivity index is 0.00000484. The predicted octanol–water partition coefficient (Wildman–Crippen LogP) is -0.0770. The Kier molecular flexibility index (Phi) is 8.90. The number of benzene rings is 1. The minimum absolute atomic E-state index is 0. The van der Waals surface area contributed by atoms with Crippen LogP contribution < -0.4 is 22.1 Å². The molecule has 0 saturated carbocycles. The molecule has 6 N–H and O–H groups in total. The molecule has 8 heteroatoms. The zero-order chi connectivity index (χ0) is 16.7. The van der Waals surface area contributed by atoms with Gasteiger partial charge in [0, 0.05) is 12.1 Å². The highest BCUT2D eigenvalue weighted by atomic mass is 35.5. The highest BCUT2D eigenvalue weighted by Gasteiger charge is 2.17. The lowest BCUT2D eigenvalue weighted by molar-refractivity contribution is -0.127. The molecule has 128 valence electrons. The van der Waals surface area contributed by atoms with Gasteiger partial charge in [0.25, 0.3) is 0 Å². The van der Waals surface area contributed by atoms with Crippen LogP contribution in [0, 0.1) is 5.92 Å². The number of amides is 3. The fraction of sp³-hybridized carbons (Fsp3) is 0.400. The zero-order valence-corrected chi connectivity index (χ0v) is 14.0. The number of nitrogens with one attached hydrogen (secondary N) is 2. The van der Waals surface area contributed by atoms with Gasteiger partial charge in [-0.1, -0.05) is 26.0 Å². The van der Waals surface area contributed by atoms with Gasteiger partial charge in [0.15, 0.2) is 0 Å². The number of rotatable bonds is 7. The molecule has 0 fully saturated rings. The van der Waals surface area contributed by atoms with Gasteiger partial charge in [-0.2, -0.15) is 0 Å². The minimum atomic E-state index is -0.639. The summed E-state index contributed by atoms with van der Waals surface area (Å²) < 4.78 is 0. The third kappa shape index (κ3) is 7.12. The molecule has 0 saturated heterocycles. The van der Waals surface area contributed by atoms with Gasteiger partial charge in [-0.15, -0.1) is 12.4 Å². The second-order valence-electron chi connectivity index (χ2n) is 5.33. The maximum Gasteiger partial charge on any atom is 0.248 e. The fourth-order valence-corrected chi connectivity index (χ4v) is 1.69. The molecule has 0 aromatic heterocycles. The third-order valence-electron chi connectivity index (χ3n) is 3.15. The molecule has 0 radical (unpaired) electrons. The highest BCUT2D eigenvalue weighted by molar-refractivity contribution is 5.93. The average molecular weight is 343 g/mol. The van der Waals surface area contributed by atoms with Crippen LogP contribution in [0.1, 0.15) is 29.8 Å². The summed E-state index contributed by atoms with van der Waals surface area (Å²) in [6, 6.07) is 6.02. The Labute approximate surface area is 141 Å². The molecule has 0 spiro atoms. The first-order chi connectivity index (χ1) is 10.3. The number of hydrogen-bond acceptors (Lipinski definition) is 4. The maximum absolute atomic E-state index is 11.7. The standard InChI is InChI=1S/C15H22N4O3.ClH/c1-9(2)13(16)15(22)19-8-12(20)18-7-10-4-3-5-11(6-10)14(17)21;/h3-6,9,13H,7-8,16H2,1-2H3,(H2,17,21)(H,18,20)(H,19,22);1H/t13-;/m0./s1. The van der Waals surface area contributed by atoms with Gasteiger partial charge in [0.1, 0.15) is 0 Å². The second kappa shape index (κ2) is 9.81. The predicted molar refractivity (Wildman–Crippen MR) is 89.9 cm³/mol. The number of carbonyl (C=O) groups is 3. The summed E-state index contributed by atoms with van der Waals surface area (Å²) in [5.74, 6) is -1.22.